The highest BCUT2D eigenvalue weighted by Gasteiger charge is 2.23. The molecule has 6 N–H and O–H groups in total. The summed E-state index contributed by atoms with van der Waals surface area (Å²) in [6.45, 7) is 0.405. The molecule has 0 bridgehead atoms. The molecule has 182 valence electrons. The molecule has 0 saturated heterocycles. The molecule has 1 heterocycles. The molecule has 4 aromatic rings. The molecule has 0 fully saturated rings. The maximum atomic E-state index is 12.7. The number of hydrogen-bond donors (Lipinski definition) is 5. The first-order valence-electron chi connectivity index (χ1n) is 10.8. The summed E-state index contributed by atoms with van der Waals surface area (Å²) < 4.78 is 2.08. The zero-order chi connectivity index (χ0) is 25.8. The number of nitrogens with two attached hydrogens (primary N) is 1. The maximum absolute atomic E-state index is 12.7. The van der Waals surface area contributed by atoms with Gasteiger partial charge in [-0.1, -0.05) is 30.3 Å². The van der Waals surface area contributed by atoms with E-state index < -0.39 is 30.3 Å². The fraction of sp³-hybridized carbons (Fsp3) is 0.120. The Morgan fingerprint density at radius 2 is 1.69 bits per heavy atom. The van der Waals surface area contributed by atoms with Gasteiger partial charge in [0.05, 0.1) is 6.42 Å². The second-order valence-electron chi connectivity index (χ2n) is 8.06. The van der Waals surface area contributed by atoms with Crippen LogP contribution in [0.4, 0.5) is 0 Å². The monoisotopic (exact) mass is 486 g/mol. The number of aromatic nitrogens is 1. The van der Waals surface area contributed by atoms with Gasteiger partial charge in [-0.3, -0.25) is 9.59 Å². The standard InChI is InChI=1S/C25H22N6O5/c26-29-23(30-27)15-8-9-21-18(11-15)17-6-1-2-7-20(17)31(21)13-14-4-3-5-16(10-14)24(34)28-19(25(35)36)12-22(32)33/h1-11,19,26H,12-13,27H2,(H,28,34)(H,32,33)(H,35,36)/b29-26?,30-23-/t19-/m0/s1. The number of carboxylic acids is 2. The van der Waals surface area contributed by atoms with Gasteiger partial charge in [0.2, 0.25) is 0 Å². The Labute approximate surface area is 204 Å². The molecule has 1 atom stereocenters. The van der Waals surface area contributed by atoms with E-state index in [1.807, 2.05) is 42.5 Å². The minimum absolute atomic E-state index is 0.106. The quantitative estimate of drug-likeness (QED) is 0.0837. The van der Waals surface area contributed by atoms with E-state index >= 15 is 0 Å². The summed E-state index contributed by atoms with van der Waals surface area (Å²) in [6.07, 6.45) is -0.728. The predicted molar refractivity (Wildman–Crippen MR) is 132 cm³/mol. The van der Waals surface area contributed by atoms with E-state index in [0.29, 0.717) is 12.1 Å². The van der Waals surface area contributed by atoms with Crippen LogP contribution in [0, 0.1) is 5.53 Å². The summed E-state index contributed by atoms with van der Waals surface area (Å²) in [4.78, 5) is 34.9. The van der Waals surface area contributed by atoms with E-state index in [4.69, 9.17) is 16.5 Å². The predicted octanol–water partition coefficient (Wildman–Crippen LogP) is 3.15. The number of hydrazone groups is 1. The van der Waals surface area contributed by atoms with Gasteiger partial charge in [0, 0.05) is 39.5 Å². The van der Waals surface area contributed by atoms with Crippen LogP contribution in [0.25, 0.3) is 21.8 Å². The minimum atomic E-state index is -1.54. The van der Waals surface area contributed by atoms with Gasteiger partial charge in [-0.25, -0.2) is 10.3 Å². The summed E-state index contributed by atoms with van der Waals surface area (Å²) in [6, 6.07) is 18.5. The normalized spacial score (nSPS) is 12.4. The summed E-state index contributed by atoms with van der Waals surface area (Å²) >= 11 is 0. The van der Waals surface area contributed by atoms with Crippen molar-refractivity contribution >= 4 is 45.5 Å². The Kier molecular flexibility index (Phi) is 6.72. The molecule has 0 aliphatic rings. The number of benzene rings is 3. The van der Waals surface area contributed by atoms with Crippen LogP contribution < -0.4 is 11.2 Å². The number of carboxylic acid groups (broad SMARTS) is 2. The highest BCUT2D eigenvalue weighted by atomic mass is 16.4. The van der Waals surface area contributed by atoms with Gasteiger partial charge in [0.15, 0.2) is 5.84 Å². The molecular weight excluding hydrogens is 464 g/mol. The first-order valence-corrected chi connectivity index (χ1v) is 10.8. The molecule has 0 aliphatic carbocycles. The highest BCUT2D eigenvalue weighted by Crippen LogP contribution is 2.31. The molecule has 36 heavy (non-hydrogen) atoms. The van der Waals surface area contributed by atoms with Crippen molar-refractivity contribution in [3.63, 3.8) is 0 Å². The van der Waals surface area contributed by atoms with Crippen molar-refractivity contribution in [3.8, 4) is 0 Å². The lowest BCUT2D eigenvalue weighted by Crippen LogP contribution is -2.42. The average Bonchev–Trinajstić information content (AvgIpc) is 3.17. The van der Waals surface area contributed by atoms with Crippen molar-refractivity contribution in [3.05, 3.63) is 83.4 Å². The summed E-state index contributed by atoms with van der Waals surface area (Å²) in [5, 5.41) is 29.2. The Hall–Kier alpha value is -5.06. The number of hydrogen-bond acceptors (Lipinski definition) is 6. The number of carbonyl (C=O) groups is 3. The average molecular weight is 486 g/mol. The summed E-state index contributed by atoms with van der Waals surface area (Å²) in [5.74, 6) is 2.04. The third-order valence-electron chi connectivity index (χ3n) is 5.77. The van der Waals surface area contributed by atoms with Gasteiger partial charge >= 0.3 is 11.9 Å². The van der Waals surface area contributed by atoms with Crippen LogP contribution in [0.1, 0.15) is 27.9 Å². The molecule has 1 amide bonds. The zero-order valence-corrected chi connectivity index (χ0v) is 18.9. The molecule has 0 unspecified atom stereocenters. The van der Waals surface area contributed by atoms with Gasteiger partial charge in [0.25, 0.3) is 5.91 Å². The Morgan fingerprint density at radius 1 is 0.944 bits per heavy atom. The lowest BCUT2D eigenvalue weighted by atomic mass is 10.1. The van der Waals surface area contributed by atoms with E-state index in [0.717, 1.165) is 27.4 Å². The van der Waals surface area contributed by atoms with Crippen LogP contribution in [-0.4, -0.2) is 44.5 Å². The molecule has 11 nitrogen and oxygen atoms in total. The van der Waals surface area contributed by atoms with E-state index in [1.165, 1.54) is 6.07 Å². The van der Waals surface area contributed by atoms with Crippen molar-refractivity contribution in [1.29, 1.82) is 5.53 Å². The summed E-state index contributed by atoms with van der Waals surface area (Å²) in [5.41, 5.74) is 10.7. The third-order valence-corrected chi connectivity index (χ3v) is 5.77. The molecular formula is C25H22N6O5. The number of carbonyl (C=O) groups excluding carboxylic acids is 1. The SMILES string of the molecule is N=N/C(=N\N)c1ccc2c(c1)c1ccccc1n2Cc1cccc(C(=O)N[C@@H](CC(=O)O)C(=O)O)c1. The number of nitrogens with one attached hydrogen (secondary N) is 2. The lowest BCUT2D eigenvalue weighted by molar-refractivity contribution is -0.145. The number of rotatable bonds is 8. The number of amides is 1. The second-order valence-corrected chi connectivity index (χ2v) is 8.06. The largest absolute Gasteiger partial charge is 0.481 e. The van der Waals surface area contributed by atoms with E-state index in [1.54, 1.807) is 18.2 Å². The van der Waals surface area contributed by atoms with Crippen molar-refractivity contribution in [2.75, 3.05) is 0 Å². The lowest BCUT2D eigenvalue weighted by Gasteiger charge is -2.13. The topological polar surface area (TPSA) is 183 Å². The van der Waals surface area contributed by atoms with Crippen molar-refractivity contribution in [2.24, 2.45) is 16.1 Å². The van der Waals surface area contributed by atoms with Crippen LogP contribution in [0.5, 0.6) is 0 Å². The molecule has 4 rings (SSSR count). The van der Waals surface area contributed by atoms with Gasteiger partial charge in [-0.15, -0.1) is 5.11 Å². The van der Waals surface area contributed by atoms with E-state index in [9.17, 15) is 19.5 Å². The zero-order valence-electron chi connectivity index (χ0n) is 18.9. The summed E-state index contributed by atoms with van der Waals surface area (Å²) in [7, 11) is 0. The molecule has 1 aromatic heterocycles. The van der Waals surface area contributed by atoms with Crippen LogP contribution in [0.3, 0.4) is 0 Å². The maximum Gasteiger partial charge on any atom is 0.326 e. The van der Waals surface area contributed by atoms with Crippen LogP contribution in [-0.2, 0) is 16.1 Å². The fourth-order valence-electron chi connectivity index (χ4n) is 4.14. The molecule has 0 spiro atoms. The number of nitrogens with zero attached hydrogens (tertiary/aromatic N) is 3. The van der Waals surface area contributed by atoms with Gasteiger partial charge in [-0.05, 0) is 42.0 Å². The molecule has 0 aliphatic heterocycles. The molecule has 11 heteroatoms. The smallest absolute Gasteiger partial charge is 0.326 e. The van der Waals surface area contributed by atoms with Crippen molar-refractivity contribution in [2.45, 2.75) is 19.0 Å². The Morgan fingerprint density at radius 3 is 2.39 bits per heavy atom. The first kappa shape index (κ1) is 24.1. The second kappa shape index (κ2) is 10.1. The molecule has 3 aromatic carbocycles. The fourth-order valence-corrected chi connectivity index (χ4v) is 4.14. The first-order chi connectivity index (χ1) is 17.3. The van der Waals surface area contributed by atoms with Gasteiger partial charge in [0.1, 0.15) is 6.04 Å². The number of amidine groups is 1. The molecule has 0 saturated carbocycles. The minimum Gasteiger partial charge on any atom is -0.481 e. The highest BCUT2D eigenvalue weighted by molar-refractivity contribution is 6.11. The van der Waals surface area contributed by atoms with Crippen LogP contribution in [0.15, 0.2) is 76.9 Å². The Bertz CT molecular complexity index is 1540. The number of fused-ring (bicyclic) bond motifs is 3. The number of para-hydroxylation sites is 1. The third kappa shape index (κ3) is 4.75. The van der Waals surface area contributed by atoms with Crippen molar-refractivity contribution in [1.82, 2.24) is 9.88 Å². The van der Waals surface area contributed by atoms with Crippen molar-refractivity contribution < 1.29 is 24.6 Å². The van der Waals surface area contributed by atoms with Crippen LogP contribution >= 0.6 is 0 Å². The van der Waals surface area contributed by atoms with Gasteiger partial charge < -0.3 is 25.9 Å². The van der Waals surface area contributed by atoms with E-state index in [2.05, 4.69) is 20.1 Å². The number of aliphatic carboxylic acids is 2. The Balaban J connectivity index is 1.70. The van der Waals surface area contributed by atoms with Gasteiger partial charge in [-0.2, -0.15) is 5.10 Å². The van der Waals surface area contributed by atoms with Crippen LogP contribution in [0.2, 0.25) is 0 Å². The van der Waals surface area contributed by atoms with E-state index in [-0.39, 0.29) is 11.4 Å². The molecule has 0 radical (unpaired) electrons.